The van der Waals surface area contributed by atoms with Crippen molar-refractivity contribution in [1.29, 1.82) is 0 Å². The van der Waals surface area contributed by atoms with Gasteiger partial charge in [-0.15, -0.1) is 0 Å². The zero-order chi connectivity index (χ0) is 9.54. The Balaban J connectivity index is 2.50. The molecule has 0 fully saturated rings. The second-order valence-electron chi connectivity index (χ2n) is 3.36. The van der Waals surface area contributed by atoms with E-state index < -0.39 is 0 Å². The van der Waals surface area contributed by atoms with E-state index in [2.05, 4.69) is 29.4 Å². The van der Waals surface area contributed by atoms with Gasteiger partial charge in [0.2, 0.25) is 0 Å². The summed E-state index contributed by atoms with van der Waals surface area (Å²) in [4.78, 5) is 4.36. The molecule has 0 atom stereocenters. The minimum Gasteiger partial charge on any atom is -0.343 e. The summed E-state index contributed by atoms with van der Waals surface area (Å²) in [6.07, 6.45) is 0. The van der Waals surface area contributed by atoms with Crippen molar-refractivity contribution in [2.75, 3.05) is 5.32 Å². The summed E-state index contributed by atoms with van der Waals surface area (Å²) in [5.74, 6) is 0.705. The second kappa shape index (κ2) is 2.58. The molecule has 1 aliphatic rings. The van der Waals surface area contributed by atoms with Gasteiger partial charge in [-0.25, -0.2) is 4.99 Å². The van der Waals surface area contributed by atoms with Crippen LogP contribution in [0.3, 0.4) is 0 Å². The molecular formula is C12H9N2. The van der Waals surface area contributed by atoms with Gasteiger partial charge in [-0.05, 0) is 17.5 Å². The smallest absolute Gasteiger partial charge is 0.107 e. The Morgan fingerprint density at radius 3 is 2.71 bits per heavy atom. The predicted molar refractivity (Wildman–Crippen MR) is 60.0 cm³/mol. The van der Waals surface area contributed by atoms with Gasteiger partial charge < -0.3 is 5.32 Å². The molecule has 14 heavy (non-hydrogen) atoms. The first kappa shape index (κ1) is 7.56. The summed E-state index contributed by atoms with van der Waals surface area (Å²) in [6.45, 7) is 3.82. The summed E-state index contributed by atoms with van der Waals surface area (Å²) in [5, 5.41) is 5.56. The van der Waals surface area contributed by atoms with Crippen LogP contribution in [0.1, 0.15) is 0 Å². The lowest BCUT2D eigenvalue weighted by molar-refractivity contribution is 1.49. The van der Waals surface area contributed by atoms with Crippen molar-refractivity contribution in [3.63, 3.8) is 0 Å². The molecule has 2 aromatic rings. The van der Waals surface area contributed by atoms with Crippen LogP contribution in [0.25, 0.3) is 10.8 Å². The van der Waals surface area contributed by atoms with Gasteiger partial charge in [0.05, 0.1) is 5.69 Å². The first-order chi connectivity index (χ1) is 6.84. The number of aliphatic imine (C=N–C) groups is 1. The lowest BCUT2D eigenvalue weighted by Crippen LogP contribution is -2.10. The van der Waals surface area contributed by atoms with E-state index in [1.807, 2.05) is 24.3 Å². The van der Waals surface area contributed by atoms with E-state index in [1.54, 1.807) is 0 Å². The number of benzene rings is 2. The quantitative estimate of drug-likeness (QED) is 0.663. The second-order valence-corrected chi connectivity index (χ2v) is 3.36. The molecule has 2 heteroatoms. The van der Waals surface area contributed by atoms with Gasteiger partial charge in [0.25, 0.3) is 0 Å². The highest BCUT2D eigenvalue weighted by Gasteiger charge is 2.10. The van der Waals surface area contributed by atoms with Crippen LogP contribution in [-0.2, 0) is 0 Å². The Morgan fingerprint density at radius 2 is 1.86 bits per heavy atom. The molecule has 1 heterocycles. The van der Waals surface area contributed by atoms with Crippen LogP contribution < -0.4 is 5.32 Å². The van der Waals surface area contributed by atoms with Gasteiger partial charge >= 0.3 is 0 Å². The van der Waals surface area contributed by atoms with E-state index >= 15 is 0 Å². The molecule has 0 bridgehead atoms. The summed E-state index contributed by atoms with van der Waals surface area (Å²) in [6, 6.07) is 12.3. The third-order valence-corrected chi connectivity index (χ3v) is 2.42. The van der Waals surface area contributed by atoms with E-state index in [0.29, 0.717) is 5.84 Å². The van der Waals surface area contributed by atoms with Gasteiger partial charge in [0.1, 0.15) is 5.84 Å². The molecule has 2 aromatic carbocycles. The number of amidine groups is 1. The molecule has 0 unspecified atom stereocenters. The van der Waals surface area contributed by atoms with Crippen LogP contribution in [0, 0.1) is 6.92 Å². The van der Waals surface area contributed by atoms with Crippen molar-refractivity contribution in [2.24, 2.45) is 4.99 Å². The highest BCUT2D eigenvalue weighted by molar-refractivity contribution is 6.14. The first-order valence-electron chi connectivity index (χ1n) is 4.54. The average molecular weight is 181 g/mol. The molecule has 0 saturated heterocycles. The molecule has 0 aromatic heterocycles. The molecule has 0 aliphatic carbocycles. The number of hydrogen-bond acceptors (Lipinski definition) is 2. The third kappa shape index (κ3) is 0.940. The summed E-state index contributed by atoms with van der Waals surface area (Å²) >= 11 is 0. The third-order valence-electron chi connectivity index (χ3n) is 2.42. The van der Waals surface area contributed by atoms with Gasteiger partial charge in [-0.3, -0.25) is 0 Å². The normalized spacial score (nSPS) is 13.6. The largest absolute Gasteiger partial charge is 0.343 e. The molecule has 0 spiro atoms. The number of nitrogens with zero attached hydrogens (tertiary/aromatic N) is 1. The van der Waals surface area contributed by atoms with Gasteiger partial charge in [-0.1, -0.05) is 24.3 Å². The maximum atomic E-state index is 4.36. The van der Waals surface area contributed by atoms with Crippen LogP contribution in [0.4, 0.5) is 11.4 Å². The number of hydrogen-bond donors (Lipinski definition) is 1. The van der Waals surface area contributed by atoms with Crippen LogP contribution >= 0.6 is 0 Å². The molecular weight excluding hydrogens is 172 g/mol. The maximum Gasteiger partial charge on any atom is 0.107 e. The lowest BCUT2D eigenvalue weighted by Gasteiger charge is -2.16. The molecule has 67 valence electrons. The van der Waals surface area contributed by atoms with Crippen molar-refractivity contribution >= 4 is 28.0 Å². The van der Waals surface area contributed by atoms with Crippen molar-refractivity contribution < 1.29 is 0 Å². The molecule has 3 rings (SSSR count). The fourth-order valence-corrected chi connectivity index (χ4v) is 1.85. The summed E-state index contributed by atoms with van der Waals surface area (Å²) in [5.41, 5.74) is 2.10. The SMILES string of the molecule is [CH2]C1=Nc2cccc3cccc(c23)N1. The minimum atomic E-state index is 0.705. The van der Waals surface area contributed by atoms with Gasteiger partial charge in [0.15, 0.2) is 0 Å². The molecule has 0 saturated carbocycles. The molecule has 1 N–H and O–H groups in total. The van der Waals surface area contributed by atoms with Crippen LogP contribution in [0.5, 0.6) is 0 Å². The Kier molecular flexibility index (Phi) is 1.39. The highest BCUT2D eigenvalue weighted by atomic mass is 15.0. The fraction of sp³-hybridized carbons (Fsp3) is 0. The average Bonchev–Trinajstić information content (AvgIpc) is 2.18. The Hall–Kier alpha value is -1.83. The zero-order valence-electron chi connectivity index (χ0n) is 7.62. The van der Waals surface area contributed by atoms with E-state index in [0.717, 1.165) is 11.4 Å². The predicted octanol–water partition coefficient (Wildman–Crippen LogP) is 3.13. The fourth-order valence-electron chi connectivity index (χ4n) is 1.85. The topological polar surface area (TPSA) is 24.4 Å². The maximum absolute atomic E-state index is 4.36. The van der Waals surface area contributed by atoms with Crippen LogP contribution in [-0.4, -0.2) is 5.84 Å². The first-order valence-corrected chi connectivity index (χ1v) is 4.54. The Bertz CT molecular complexity index is 536. The Labute approximate surface area is 82.3 Å². The monoisotopic (exact) mass is 181 g/mol. The van der Waals surface area contributed by atoms with Crippen LogP contribution in [0.15, 0.2) is 41.4 Å². The number of nitrogens with one attached hydrogen (secondary N) is 1. The number of anilines is 1. The van der Waals surface area contributed by atoms with Crippen LogP contribution in [0.2, 0.25) is 0 Å². The van der Waals surface area contributed by atoms with Crippen molar-refractivity contribution in [3.05, 3.63) is 43.3 Å². The van der Waals surface area contributed by atoms with E-state index in [-0.39, 0.29) is 0 Å². The van der Waals surface area contributed by atoms with E-state index in [4.69, 9.17) is 0 Å². The molecule has 1 aliphatic heterocycles. The van der Waals surface area contributed by atoms with Crippen molar-refractivity contribution in [1.82, 2.24) is 0 Å². The van der Waals surface area contributed by atoms with E-state index in [9.17, 15) is 0 Å². The summed E-state index contributed by atoms with van der Waals surface area (Å²) < 4.78 is 0. The van der Waals surface area contributed by atoms with E-state index in [1.165, 1.54) is 10.8 Å². The highest BCUT2D eigenvalue weighted by Crippen LogP contribution is 2.35. The lowest BCUT2D eigenvalue weighted by atomic mass is 10.1. The number of rotatable bonds is 0. The minimum absolute atomic E-state index is 0.705. The van der Waals surface area contributed by atoms with Gasteiger partial charge in [0, 0.05) is 18.0 Å². The Morgan fingerprint density at radius 1 is 1.07 bits per heavy atom. The zero-order valence-corrected chi connectivity index (χ0v) is 7.62. The molecule has 2 nitrogen and oxygen atoms in total. The van der Waals surface area contributed by atoms with Crippen molar-refractivity contribution in [2.45, 2.75) is 0 Å². The molecule has 0 amide bonds. The van der Waals surface area contributed by atoms with Crippen molar-refractivity contribution in [3.8, 4) is 0 Å². The van der Waals surface area contributed by atoms with Gasteiger partial charge in [-0.2, -0.15) is 0 Å². The summed E-state index contributed by atoms with van der Waals surface area (Å²) in [7, 11) is 0. The molecule has 1 radical (unpaired) electrons. The standard InChI is InChI=1S/C12H9N2/c1-8-13-10-6-2-4-9-5-3-7-11(14-8)12(9)10/h2-7H,1H2,(H,13,14).